The van der Waals surface area contributed by atoms with Gasteiger partial charge in [-0.3, -0.25) is 4.79 Å². The van der Waals surface area contributed by atoms with E-state index in [9.17, 15) is 4.79 Å². The van der Waals surface area contributed by atoms with E-state index in [0.717, 1.165) is 25.7 Å². The van der Waals surface area contributed by atoms with Crippen LogP contribution in [0.1, 0.15) is 25.7 Å². The van der Waals surface area contributed by atoms with E-state index >= 15 is 0 Å². The number of amides is 1. The van der Waals surface area contributed by atoms with E-state index in [1.54, 1.807) is 0 Å². The Kier molecular flexibility index (Phi) is 3.72. The Morgan fingerprint density at radius 2 is 2.19 bits per heavy atom. The van der Waals surface area contributed by atoms with Gasteiger partial charge in [0.15, 0.2) is 0 Å². The molecule has 2 rings (SSSR count). The van der Waals surface area contributed by atoms with Crippen molar-refractivity contribution in [3.05, 3.63) is 0 Å². The summed E-state index contributed by atoms with van der Waals surface area (Å²) in [5.74, 6) is 0.0782. The fraction of sp³-hybridized carbons (Fsp3) is 0.909. The predicted octanol–water partition coefficient (Wildman–Crippen LogP) is 0.724. The zero-order valence-corrected chi connectivity index (χ0v) is 10.2. The number of morpholine rings is 1. The number of hydrogen-bond acceptors (Lipinski definition) is 3. The minimum Gasteiger partial charge on any atom is -0.371 e. The zero-order valence-electron chi connectivity index (χ0n) is 9.45. The Morgan fingerprint density at radius 1 is 1.50 bits per heavy atom. The summed E-state index contributed by atoms with van der Waals surface area (Å²) < 4.78 is 5.89. The molecule has 0 aromatic rings. The minimum absolute atomic E-state index is 0.0132. The molecule has 5 heteroatoms. The lowest BCUT2D eigenvalue weighted by atomic mass is 9.81. The highest BCUT2D eigenvalue weighted by Crippen LogP contribution is 2.34. The van der Waals surface area contributed by atoms with Crippen LogP contribution in [0.4, 0.5) is 0 Å². The number of nitrogens with two attached hydrogens (primary N) is 1. The van der Waals surface area contributed by atoms with Crippen molar-refractivity contribution in [1.29, 1.82) is 0 Å². The number of carbonyl (C=O) groups excluding carboxylic acids is 1. The molecule has 2 N–H and O–H groups in total. The third-order valence-electron chi connectivity index (χ3n) is 3.66. The maximum atomic E-state index is 11.6. The molecular weight excluding hydrogens is 228 g/mol. The van der Waals surface area contributed by atoms with Gasteiger partial charge in [0.1, 0.15) is 5.88 Å². The minimum atomic E-state index is -0.143. The van der Waals surface area contributed by atoms with Crippen LogP contribution >= 0.6 is 11.6 Å². The van der Waals surface area contributed by atoms with Crippen molar-refractivity contribution in [2.45, 2.75) is 37.3 Å². The van der Waals surface area contributed by atoms with Gasteiger partial charge in [0.2, 0.25) is 5.91 Å². The van der Waals surface area contributed by atoms with Crippen molar-refractivity contribution in [1.82, 2.24) is 4.90 Å². The van der Waals surface area contributed by atoms with Crippen LogP contribution in [-0.4, -0.2) is 48.0 Å². The van der Waals surface area contributed by atoms with Crippen molar-refractivity contribution in [3.8, 4) is 0 Å². The van der Waals surface area contributed by atoms with Crippen LogP contribution in [0.25, 0.3) is 0 Å². The first-order valence-electron chi connectivity index (χ1n) is 5.88. The van der Waals surface area contributed by atoms with E-state index < -0.39 is 0 Å². The zero-order chi connectivity index (χ0) is 11.6. The van der Waals surface area contributed by atoms with Gasteiger partial charge < -0.3 is 15.4 Å². The number of ether oxygens (including phenoxy) is 1. The second kappa shape index (κ2) is 4.90. The fourth-order valence-electron chi connectivity index (χ4n) is 2.61. The molecule has 0 unspecified atom stereocenters. The van der Waals surface area contributed by atoms with Gasteiger partial charge in [-0.25, -0.2) is 0 Å². The molecule has 0 aromatic carbocycles. The van der Waals surface area contributed by atoms with Gasteiger partial charge in [-0.05, 0) is 25.7 Å². The van der Waals surface area contributed by atoms with Crippen molar-refractivity contribution < 1.29 is 9.53 Å². The predicted molar refractivity (Wildman–Crippen MR) is 62.4 cm³/mol. The monoisotopic (exact) mass is 246 g/mol. The number of rotatable bonds is 1. The summed E-state index contributed by atoms with van der Waals surface area (Å²) in [4.78, 5) is 13.4. The van der Waals surface area contributed by atoms with Crippen LogP contribution in [0.2, 0.25) is 0 Å². The van der Waals surface area contributed by atoms with E-state index in [1.165, 1.54) is 0 Å². The van der Waals surface area contributed by atoms with Gasteiger partial charge in [0.05, 0.1) is 12.2 Å². The Hall–Kier alpha value is -0.320. The maximum Gasteiger partial charge on any atom is 0.237 e. The quantitative estimate of drug-likeness (QED) is 0.694. The Balaban J connectivity index is 1.98. The second-order valence-electron chi connectivity index (χ2n) is 4.82. The summed E-state index contributed by atoms with van der Waals surface area (Å²) in [5, 5.41) is 0. The van der Waals surface area contributed by atoms with Crippen LogP contribution in [0, 0.1) is 0 Å². The van der Waals surface area contributed by atoms with Gasteiger partial charge in [-0.15, -0.1) is 11.6 Å². The van der Waals surface area contributed by atoms with Crippen LogP contribution in [-0.2, 0) is 9.53 Å². The van der Waals surface area contributed by atoms with E-state index in [0.29, 0.717) is 25.7 Å². The second-order valence-corrected chi connectivity index (χ2v) is 5.09. The van der Waals surface area contributed by atoms with E-state index in [1.807, 2.05) is 4.90 Å². The topological polar surface area (TPSA) is 55.6 Å². The molecule has 1 saturated carbocycles. The fourth-order valence-corrected chi connectivity index (χ4v) is 2.78. The standard InChI is InChI=1S/C11H19ClN2O2/c12-7-10(15)14-5-6-16-11(8-14)3-1-9(13)2-4-11/h9H,1-8,13H2. The van der Waals surface area contributed by atoms with Gasteiger partial charge in [-0.2, -0.15) is 0 Å². The highest BCUT2D eigenvalue weighted by Gasteiger charge is 2.40. The van der Waals surface area contributed by atoms with Crippen LogP contribution in [0.3, 0.4) is 0 Å². The molecule has 2 fully saturated rings. The summed E-state index contributed by atoms with van der Waals surface area (Å²) in [6.07, 6.45) is 3.90. The van der Waals surface area contributed by atoms with Crippen molar-refractivity contribution in [2.75, 3.05) is 25.6 Å². The summed E-state index contributed by atoms with van der Waals surface area (Å²) in [5.41, 5.74) is 5.75. The molecule has 0 bridgehead atoms. The summed E-state index contributed by atoms with van der Waals surface area (Å²) in [6, 6.07) is 0.299. The molecule has 1 aliphatic heterocycles. The molecule has 0 atom stereocenters. The molecule has 1 spiro atoms. The van der Waals surface area contributed by atoms with Gasteiger partial charge >= 0.3 is 0 Å². The van der Waals surface area contributed by atoms with Crippen LogP contribution in [0.5, 0.6) is 0 Å². The number of hydrogen-bond donors (Lipinski definition) is 1. The molecule has 0 aromatic heterocycles. The normalized spacial score (nSPS) is 35.4. The average molecular weight is 247 g/mol. The molecule has 1 heterocycles. The summed E-state index contributed by atoms with van der Waals surface area (Å²) in [7, 11) is 0. The van der Waals surface area contributed by atoms with E-state index in [2.05, 4.69) is 0 Å². The third-order valence-corrected chi connectivity index (χ3v) is 3.89. The summed E-state index contributed by atoms with van der Waals surface area (Å²) >= 11 is 5.58. The molecule has 1 saturated heterocycles. The van der Waals surface area contributed by atoms with Crippen LogP contribution < -0.4 is 5.73 Å². The highest BCUT2D eigenvalue weighted by atomic mass is 35.5. The molecule has 92 valence electrons. The Bertz CT molecular complexity index is 265. The average Bonchev–Trinajstić information content (AvgIpc) is 2.33. The molecule has 2 aliphatic rings. The van der Waals surface area contributed by atoms with Gasteiger partial charge in [0.25, 0.3) is 0 Å². The number of carbonyl (C=O) groups is 1. The molecule has 0 radical (unpaired) electrons. The van der Waals surface area contributed by atoms with Crippen molar-refractivity contribution >= 4 is 17.5 Å². The smallest absolute Gasteiger partial charge is 0.237 e. The maximum absolute atomic E-state index is 11.6. The number of nitrogens with zero attached hydrogens (tertiary/aromatic N) is 1. The van der Waals surface area contributed by atoms with Gasteiger partial charge in [-0.1, -0.05) is 0 Å². The number of halogens is 1. The highest BCUT2D eigenvalue weighted by molar-refractivity contribution is 6.27. The van der Waals surface area contributed by atoms with E-state index in [-0.39, 0.29) is 17.4 Å². The Morgan fingerprint density at radius 3 is 2.81 bits per heavy atom. The van der Waals surface area contributed by atoms with Gasteiger partial charge in [0, 0.05) is 19.1 Å². The summed E-state index contributed by atoms with van der Waals surface area (Å²) in [6.45, 7) is 1.97. The lowest BCUT2D eigenvalue weighted by Gasteiger charge is -2.46. The number of alkyl halides is 1. The Labute approximate surface area is 101 Å². The molecule has 16 heavy (non-hydrogen) atoms. The molecular formula is C11H19ClN2O2. The molecule has 1 aliphatic carbocycles. The lowest BCUT2D eigenvalue weighted by molar-refractivity contribution is -0.154. The molecule has 4 nitrogen and oxygen atoms in total. The first-order chi connectivity index (χ1) is 7.65. The van der Waals surface area contributed by atoms with Crippen molar-refractivity contribution in [3.63, 3.8) is 0 Å². The molecule has 1 amide bonds. The largest absolute Gasteiger partial charge is 0.371 e. The van der Waals surface area contributed by atoms with Crippen LogP contribution in [0.15, 0.2) is 0 Å². The third kappa shape index (κ3) is 2.50. The van der Waals surface area contributed by atoms with Crippen molar-refractivity contribution in [2.24, 2.45) is 5.73 Å². The first kappa shape index (κ1) is 12.1. The first-order valence-corrected chi connectivity index (χ1v) is 6.42. The lowest BCUT2D eigenvalue weighted by Crippen LogP contribution is -2.56. The SMILES string of the molecule is NC1CCC2(CC1)CN(C(=O)CCl)CCO2. The van der Waals surface area contributed by atoms with E-state index in [4.69, 9.17) is 22.1 Å².